The number of hydrogen-bond donors (Lipinski definition) is 1. The standard InChI is InChI=1S/C14H16N4O3/c1-3-6-15-13-8-14(17-9-16-13)21-12-5-4-10(2)7-11(12)18(19)20/h4-5,7-9H,3,6H2,1-2H3,(H,15,16,17). The van der Waals surface area contributed by atoms with Gasteiger partial charge >= 0.3 is 5.69 Å². The summed E-state index contributed by atoms with van der Waals surface area (Å²) in [6, 6.07) is 6.39. The minimum absolute atomic E-state index is 0.0864. The predicted octanol–water partition coefficient (Wildman–Crippen LogP) is 3.31. The van der Waals surface area contributed by atoms with Crippen LogP contribution < -0.4 is 10.1 Å². The number of aryl methyl sites for hydroxylation is 1. The van der Waals surface area contributed by atoms with Gasteiger partial charge in [-0.3, -0.25) is 10.1 Å². The lowest BCUT2D eigenvalue weighted by Crippen LogP contribution is -2.02. The lowest BCUT2D eigenvalue weighted by Gasteiger charge is -2.08. The van der Waals surface area contributed by atoms with Crippen molar-refractivity contribution in [2.24, 2.45) is 0 Å². The summed E-state index contributed by atoms with van der Waals surface area (Å²) in [6.45, 7) is 4.61. The normalized spacial score (nSPS) is 10.2. The van der Waals surface area contributed by atoms with Crippen LogP contribution in [-0.4, -0.2) is 21.4 Å². The summed E-state index contributed by atoms with van der Waals surface area (Å²) >= 11 is 0. The van der Waals surface area contributed by atoms with Crippen molar-refractivity contribution in [1.29, 1.82) is 0 Å². The first-order valence-corrected chi connectivity index (χ1v) is 6.59. The van der Waals surface area contributed by atoms with Gasteiger partial charge in [-0.25, -0.2) is 9.97 Å². The fraction of sp³-hybridized carbons (Fsp3) is 0.286. The highest BCUT2D eigenvalue weighted by molar-refractivity contribution is 5.50. The summed E-state index contributed by atoms with van der Waals surface area (Å²) in [5.74, 6) is 1.04. The van der Waals surface area contributed by atoms with Crippen LogP contribution in [0.25, 0.3) is 0 Å². The van der Waals surface area contributed by atoms with Gasteiger partial charge in [-0.1, -0.05) is 13.0 Å². The molecule has 0 saturated heterocycles. The van der Waals surface area contributed by atoms with Crippen LogP contribution in [0.3, 0.4) is 0 Å². The molecule has 7 heteroatoms. The van der Waals surface area contributed by atoms with Crippen LogP contribution in [0, 0.1) is 17.0 Å². The number of nitro benzene ring substituents is 1. The molecule has 0 unspecified atom stereocenters. The third-order valence-corrected chi connectivity index (χ3v) is 2.72. The maximum Gasteiger partial charge on any atom is 0.311 e. The Kier molecular flexibility index (Phi) is 4.65. The Bertz CT molecular complexity index is 646. The van der Waals surface area contributed by atoms with E-state index in [-0.39, 0.29) is 17.3 Å². The smallest absolute Gasteiger partial charge is 0.311 e. The molecule has 1 N–H and O–H groups in total. The highest BCUT2D eigenvalue weighted by Gasteiger charge is 2.16. The molecule has 2 aromatic rings. The van der Waals surface area contributed by atoms with E-state index in [2.05, 4.69) is 15.3 Å². The number of aromatic nitrogens is 2. The Morgan fingerprint density at radius 1 is 1.33 bits per heavy atom. The fourth-order valence-electron chi connectivity index (χ4n) is 1.71. The number of benzene rings is 1. The third kappa shape index (κ3) is 3.88. The van der Waals surface area contributed by atoms with Crippen LogP contribution >= 0.6 is 0 Å². The van der Waals surface area contributed by atoms with Crippen molar-refractivity contribution < 1.29 is 9.66 Å². The second-order valence-electron chi connectivity index (χ2n) is 4.50. The molecular formula is C14H16N4O3. The van der Waals surface area contributed by atoms with Crippen molar-refractivity contribution in [2.75, 3.05) is 11.9 Å². The molecule has 0 atom stereocenters. The Balaban J connectivity index is 2.24. The van der Waals surface area contributed by atoms with Gasteiger partial charge in [0.15, 0.2) is 0 Å². The molecule has 0 aliphatic heterocycles. The van der Waals surface area contributed by atoms with Gasteiger partial charge in [0.05, 0.1) is 4.92 Å². The van der Waals surface area contributed by atoms with E-state index >= 15 is 0 Å². The van der Waals surface area contributed by atoms with Crippen LogP contribution in [0.1, 0.15) is 18.9 Å². The average molecular weight is 288 g/mol. The minimum atomic E-state index is -0.472. The zero-order chi connectivity index (χ0) is 15.2. The topological polar surface area (TPSA) is 90.2 Å². The van der Waals surface area contributed by atoms with Crippen LogP contribution in [0.2, 0.25) is 0 Å². The zero-order valence-electron chi connectivity index (χ0n) is 11.9. The molecular weight excluding hydrogens is 272 g/mol. The molecule has 0 radical (unpaired) electrons. The second-order valence-corrected chi connectivity index (χ2v) is 4.50. The SMILES string of the molecule is CCCNc1cc(Oc2ccc(C)cc2[N+](=O)[O-])ncn1. The van der Waals surface area contributed by atoms with E-state index in [0.29, 0.717) is 5.82 Å². The summed E-state index contributed by atoms with van der Waals surface area (Å²) in [6.07, 6.45) is 2.32. The monoisotopic (exact) mass is 288 g/mol. The van der Waals surface area contributed by atoms with Gasteiger partial charge in [0.2, 0.25) is 11.6 Å². The number of nitrogens with one attached hydrogen (secondary N) is 1. The van der Waals surface area contributed by atoms with Gasteiger partial charge < -0.3 is 10.1 Å². The predicted molar refractivity (Wildman–Crippen MR) is 78.7 cm³/mol. The van der Waals surface area contributed by atoms with Crippen LogP contribution in [0.5, 0.6) is 11.6 Å². The van der Waals surface area contributed by atoms with Gasteiger partial charge in [0.1, 0.15) is 12.1 Å². The molecule has 2 rings (SSSR count). The number of ether oxygens (including phenoxy) is 1. The minimum Gasteiger partial charge on any atom is -0.432 e. The van der Waals surface area contributed by atoms with Crippen LogP contribution in [0.4, 0.5) is 11.5 Å². The molecule has 0 fully saturated rings. The first-order valence-electron chi connectivity index (χ1n) is 6.59. The van der Waals surface area contributed by atoms with Gasteiger partial charge in [0, 0.05) is 18.7 Å². The van der Waals surface area contributed by atoms with Crippen molar-refractivity contribution in [3.8, 4) is 11.6 Å². The largest absolute Gasteiger partial charge is 0.432 e. The number of anilines is 1. The van der Waals surface area contributed by atoms with E-state index in [9.17, 15) is 10.1 Å². The van der Waals surface area contributed by atoms with E-state index in [4.69, 9.17) is 4.74 Å². The Morgan fingerprint density at radius 3 is 2.86 bits per heavy atom. The molecule has 21 heavy (non-hydrogen) atoms. The van der Waals surface area contributed by atoms with Crippen LogP contribution in [0.15, 0.2) is 30.6 Å². The van der Waals surface area contributed by atoms with Crippen molar-refractivity contribution in [3.63, 3.8) is 0 Å². The Hall–Kier alpha value is -2.70. The van der Waals surface area contributed by atoms with E-state index < -0.39 is 4.92 Å². The summed E-state index contributed by atoms with van der Waals surface area (Å²) < 4.78 is 5.51. The molecule has 0 bridgehead atoms. The average Bonchev–Trinajstić information content (AvgIpc) is 2.47. The summed E-state index contributed by atoms with van der Waals surface area (Å²) in [5, 5.41) is 14.2. The molecule has 0 aliphatic rings. The van der Waals surface area contributed by atoms with Gasteiger partial charge in [-0.05, 0) is 25.0 Å². The van der Waals surface area contributed by atoms with Crippen molar-refractivity contribution in [2.45, 2.75) is 20.3 Å². The highest BCUT2D eigenvalue weighted by atomic mass is 16.6. The molecule has 0 saturated carbocycles. The van der Waals surface area contributed by atoms with Crippen molar-refractivity contribution in [1.82, 2.24) is 9.97 Å². The number of nitro groups is 1. The molecule has 0 amide bonds. The molecule has 1 aromatic carbocycles. The van der Waals surface area contributed by atoms with Crippen LogP contribution in [-0.2, 0) is 0 Å². The number of hydrogen-bond acceptors (Lipinski definition) is 6. The number of nitrogens with zero attached hydrogens (tertiary/aromatic N) is 3. The van der Waals surface area contributed by atoms with E-state index in [1.807, 2.05) is 6.92 Å². The maximum absolute atomic E-state index is 11.1. The summed E-state index contributed by atoms with van der Waals surface area (Å²) in [4.78, 5) is 18.6. The lowest BCUT2D eigenvalue weighted by molar-refractivity contribution is -0.385. The molecule has 7 nitrogen and oxygen atoms in total. The van der Waals surface area contributed by atoms with E-state index in [1.54, 1.807) is 25.1 Å². The van der Waals surface area contributed by atoms with Gasteiger partial charge in [0.25, 0.3) is 0 Å². The van der Waals surface area contributed by atoms with Crippen molar-refractivity contribution >= 4 is 11.5 Å². The molecule has 110 valence electrons. The molecule has 0 aliphatic carbocycles. The quantitative estimate of drug-likeness (QED) is 0.647. The molecule has 0 spiro atoms. The Labute approximate surface area is 122 Å². The molecule has 1 aromatic heterocycles. The Morgan fingerprint density at radius 2 is 2.14 bits per heavy atom. The molecule has 1 heterocycles. The fourth-order valence-corrected chi connectivity index (χ4v) is 1.71. The first kappa shape index (κ1) is 14.7. The summed E-state index contributed by atoms with van der Waals surface area (Å²) in [5.41, 5.74) is 0.707. The first-order chi connectivity index (χ1) is 10.1. The second kappa shape index (κ2) is 6.65. The van der Waals surface area contributed by atoms with E-state index in [1.165, 1.54) is 12.4 Å². The third-order valence-electron chi connectivity index (χ3n) is 2.72. The highest BCUT2D eigenvalue weighted by Crippen LogP contribution is 2.31. The van der Waals surface area contributed by atoms with Gasteiger partial charge in [-0.2, -0.15) is 0 Å². The zero-order valence-corrected chi connectivity index (χ0v) is 11.9. The van der Waals surface area contributed by atoms with Gasteiger partial charge in [-0.15, -0.1) is 0 Å². The maximum atomic E-state index is 11.1. The van der Waals surface area contributed by atoms with Crippen molar-refractivity contribution in [3.05, 3.63) is 46.3 Å². The lowest BCUT2D eigenvalue weighted by atomic mass is 10.2. The number of rotatable bonds is 6. The van der Waals surface area contributed by atoms with E-state index in [0.717, 1.165) is 18.5 Å². The summed E-state index contributed by atoms with van der Waals surface area (Å²) in [7, 11) is 0.